The van der Waals surface area contributed by atoms with Crippen LogP contribution in [0.15, 0.2) is 30.6 Å². The summed E-state index contributed by atoms with van der Waals surface area (Å²) in [5.74, 6) is -3.29. The van der Waals surface area contributed by atoms with Crippen molar-refractivity contribution < 1.29 is 35.9 Å². The van der Waals surface area contributed by atoms with Gasteiger partial charge in [-0.3, -0.25) is 4.79 Å². The van der Waals surface area contributed by atoms with E-state index < -0.39 is 40.0 Å². The van der Waals surface area contributed by atoms with Gasteiger partial charge in [-0.1, -0.05) is 11.8 Å². The Morgan fingerprint density at radius 1 is 1.13 bits per heavy atom. The maximum atomic E-state index is 13.7. The smallest absolute Gasteiger partial charge is 0.375 e. The van der Waals surface area contributed by atoms with E-state index in [-0.39, 0.29) is 49.5 Å². The van der Waals surface area contributed by atoms with Crippen molar-refractivity contribution in [1.29, 1.82) is 0 Å². The molecule has 1 aromatic heterocycles. The van der Waals surface area contributed by atoms with Crippen LogP contribution in [0.4, 0.5) is 32.3 Å². The van der Waals surface area contributed by atoms with Gasteiger partial charge in [0, 0.05) is 35.8 Å². The highest BCUT2D eigenvalue weighted by Gasteiger charge is 2.43. The average molecular weight is 451 g/mol. The van der Waals surface area contributed by atoms with Crippen LogP contribution in [-0.2, 0) is 16.1 Å². The predicted molar refractivity (Wildman–Crippen MR) is 96.2 cm³/mol. The molecule has 2 heterocycles. The maximum absolute atomic E-state index is 13.7. The molecule has 2 aromatic rings. The Morgan fingerprint density at radius 2 is 1.80 bits per heavy atom. The number of halogens is 6. The van der Waals surface area contributed by atoms with Crippen molar-refractivity contribution in [1.82, 2.24) is 9.97 Å². The number of aromatic nitrogens is 2. The fraction of sp³-hybridized carbons (Fsp3) is 0.389. The van der Waals surface area contributed by atoms with E-state index in [2.05, 4.69) is 9.97 Å². The summed E-state index contributed by atoms with van der Waals surface area (Å²) in [5, 5.41) is -2.58. The Kier molecular flexibility index (Phi) is 6.86. The Morgan fingerprint density at radius 3 is 2.47 bits per heavy atom. The van der Waals surface area contributed by atoms with Gasteiger partial charge in [-0.2, -0.15) is 13.2 Å². The lowest BCUT2D eigenvalue weighted by Gasteiger charge is -2.24. The minimum Gasteiger partial charge on any atom is -0.375 e. The highest BCUT2D eigenvalue weighted by atomic mass is 32.2. The minimum atomic E-state index is -4.95. The van der Waals surface area contributed by atoms with Crippen molar-refractivity contribution in [2.45, 2.75) is 30.5 Å². The number of benzene rings is 1. The van der Waals surface area contributed by atoms with E-state index in [4.69, 9.17) is 4.74 Å². The SMILES string of the molecule is O=C(S[C@@H]1C[C@@H](COCc2cc(F)c(F)cc2F)N(c2ncccn2)C1)C(F)(F)F. The number of ether oxygens (including phenoxy) is 1. The van der Waals surface area contributed by atoms with Gasteiger partial charge in [-0.15, -0.1) is 0 Å². The molecular formula is C18H15F6N3O2S. The predicted octanol–water partition coefficient (Wildman–Crippen LogP) is 3.88. The van der Waals surface area contributed by atoms with Crippen molar-refractivity contribution in [3.05, 3.63) is 53.6 Å². The van der Waals surface area contributed by atoms with Crippen molar-refractivity contribution in [2.24, 2.45) is 0 Å². The molecule has 0 spiro atoms. The molecule has 3 rings (SSSR count). The number of hydrogen-bond donors (Lipinski definition) is 0. The molecule has 0 unspecified atom stereocenters. The van der Waals surface area contributed by atoms with Crippen molar-refractivity contribution in [2.75, 3.05) is 18.1 Å². The lowest BCUT2D eigenvalue weighted by molar-refractivity contribution is -0.160. The number of nitrogens with zero attached hydrogens (tertiary/aromatic N) is 3. The molecule has 0 aliphatic carbocycles. The Bertz CT molecular complexity index is 899. The van der Waals surface area contributed by atoms with E-state index in [1.807, 2.05) is 0 Å². The first-order valence-corrected chi connectivity index (χ1v) is 9.55. The fourth-order valence-corrected chi connectivity index (χ4v) is 3.99. The number of carbonyl (C=O) groups is 1. The maximum Gasteiger partial charge on any atom is 0.460 e. The minimum absolute atomic E-state index is 0.0735. The highest BCUT2D eigenvalue weighted by molar-refractivity contribution is 8.14. The topological polar surface area (TPSA) is 55.3 Å². The van der Waals surface area contributed by atoms with Crippen LogP contribution in [-0.4, -0.2) is 45.7 Å². The molecule has 12 heteroatoms. The van der Waals surface area contributed by atoms with E-state index in [0.29, 0.717) is 12.1 Å². The van der Waals surface area contributed by atoms with E-state index in [9.17, 15) is 31.1 Å². The second-order valence-electron chi connectivity index (χ2n) is 6.49. The summed E-state index contributed by atoms with van der Waals surface area (Å²) in [4.78, 5) is 21.0. The first-order chi connectivity index (χ1) is 14.1. The number of anilines is 1. The van der Waals surface area contributed by atoms with Gasteiger partial charge in [0.15, 0.2) is 11.6 Å². The third kappa shape index (κ3) is 5.42. The van der Waals surface area contributed by atoms with E-state index in [0.717, 1.165) is 0 Å². The quantitative estimate of drug-likeness (QED) is 0.491. The second kappa shape index (κ2) is 9.21. The molecule has 162 valence electrons. The van der Waals surface area contributed by atoms with Crippen LogP contribution >= 0.6 is 11.8 Å². The molecule has 1 aliphatic heterocycles. The van der Waals surface area contributed by atoms with Crippen LogP contribution < -0.4 is 4.90 Å². The van der Waals surface area contributed by atoms with E-state index >= 15 is 0 Å². The van der Waals surface area contributed by atoms with E-state index in [1.165, 1.54) is 12.4 Å². The van der Waals surface area contributed by atoms with Crippen LogP contribution in [0.1, 0.15) is 12.0 Å². The Balaban J connectivity index is 1.67. The number of alkyl halides is 3. The lowest BCUT2D eigenvalue weighted by Crippen LogP contribution is -2.34. The zero-order chi connectivity index (χ0) is 21.9. The number of hydrogen-bond acceptors (Lipinski definition) is 6. The zero-order valence-corrected chi connectivity index (χ0v) is 16.0. The first kappa shape index (κ1) is 22.3. The summed E-state index contributed by atoms with van der Waals surface area (Å²) in [6.45, 7) is -0.375. The van der Waals surface area contributed by atoms with E-state index in [1.54, 1.807) is 11.0 Å². The Hall–Kier alpha value is -2.34. The van der Waals surface area contributed by atoms with Gasteiger partial charge in [0.2, 0.25) is 5.95 Å². The third-order valence-corrected chi connectivity index (χ3v) is 5.47. The average Bonchev–Trinajstić information content (AvgIpc) is 3.08. The van der Waals surface area contributed by atoms with Gasteiger partial charge < -0.3 is 9.64 Å². The number of rotatable bonds is 6. The summed E-state index contributed by atoms with van der Waals surface area (Å²) in [6.07, 6.45) is -1.88. The van der Waals surface area contributed by atoms with Crippen LogP contribution in [0, 0.1) is 17.5 Å². The van der Waals surface area contributed by atoms with Crippen molar-refractivity contribution in [3.8, 4) is 0 Å². The van der Waals surface area contributed by atoms with Gasteiger partial charge >= 0.3 is 6.18 Å². The fourth-order valence-electron chi connectivity index (χ4n) is 3.00. The zero-order valence-electron chi connectivity index (χ0n) is 15.2. The molecule has 0 N–H and O–H groups in total. The molecule has 1 saturated heterocycles. The summed E-state index contributed by atoms with van der Waals surface area (Å²) < 4.78 is 83.2. The molecule has 0 saturated carbocycles. The molecule has 2 atom stereocenters. The summed E-state index contributed by atoms with van der Waals surface area (Å²) in [7, 11) is 0. The van der Waals surface area contributed by atoms with Crippen molar-refractivity contribution >= 4 is 22.8 Å². The molecule has 1 aromatic carbocycles. The molecule has 0 bridgehead atoms. The molecule has 0 amide bonds. The Labute approximate surface area is 171 Å². The van der Waals surface area contributed by atoms with Gasteiger partial charge in [-0.05, 0) is 18.6 Å². The summed E-state index contributed by atoms with van der Waals surface area (Å²) >= 11 is 0.184. The summed E-state index contributed by atoms with van der Waals surface area (Å²) in [6, 6.07) is 2.15. The lowest BCUT2D eigenvalue weighted by atomic mass is 10.2. The van der Waals surface area contributed by atoms with Crippen LogP contribution in [0.2, 0.25) is 0 Å². The third-order valence-electron chi connectivity index (χ3n) is 4.35. The molecular weight excluding hydrogens is 436 g/mol. The molecule has 1 aliphatic rings. The first-order valence-electron chi connectivity index (χ1n) is 8.67. The van der Waals surface area contributed by atoms with Gasteiger partial charge in [-0.25, -0.2) is 23.1 Å². The van der Waals surface area contributed by atoms with Crippen LogP contribution in [0.5, 0.6) is 0 Å². The molecule has 1 fully saturated rings. The monoisotopic (exact) mass is 451 g/mol. The van der Waals surface area contributed by atoms with Crippen molar-refractivity contribution in [3.63, 3.8) is 0 Å². The highest BCUT2D eigenvalue weighted by Crippen LogP contribution is 2.34. The largest absolute Gasteiger partial charge is 0.460 e. The van der Waals surface area contributed by atoms with Gasteiger partial charge in [0.25, 0.3) is 5.12 Å². The van der Waals surface area contributed by atoms with Gasteiger partial charge in [0.05, 0.1) is 19.3 Å². The normalized spacial score (nSPS) is 19.3. The number of thioether (sulfide) groups is 1. The van der Waals surface area contributed by atoms with Gasteiger partial charge in [0.1, 0.15) is 5.82 Å². The molecule has 5 nitrogen and oxygen atoms in total. The van der Waals surface area contributed by atoms with Crippen LogP contribution in [0.25, 0.3) is 0 Å². The number of carbonyl (C=O) groups excluding carboxylic acids is 1. The van der Waals surface area contributed by atoms with Crippen LogP contribution in [0.3, 0.4) is 0 Å². The molecule has 0 radical (unpaired) electrons. The second-order valence-corrected chi connectivity index (χ2v) is 7.76. The summed E-state index contributed by atoms with van der Waals surface area (Å²) in [5.41, 5.74) is -0.201. The standard InChI is InChI=1S/C18H15F6N3O2S/c19-13-6-15(21)14(20)4-10(13)8-29-9-11-5-12(30-16(28)18(22,23)24)7-27(11)17-25-2-1-3-26-17/h1-4,6,11-12H,5,7-9H2/t11-,12+/m0/s1. The molecule has 30 heavy (non-hydrogen) atoms.